The number of benzene rings is 2. The Morgan fingerprint density at radius 1 is 1.09 bits per heavy atom. The van der Waals surface area contributed by atoms with Gasteiger partial charge in [-0.3, -0.25) is 13.9 Å². The van der Waals surface area contributed by atoms with Gasteiger partial charge in [-0.15, -0.1) is 0 Å². The highest BCUT2D eigenvalue weighted by Gasteiger charge is 2.29. The number of methoxy groups -OCH3 is 1. The molecule has 0 aliphatic heterocycles. The number of anilines is 1. The summed E-state index contributed by atoms with van der Waals surface area (Å²) in [4.78, 5) is 27.1. The van der Waals surface area contributed by atoms with Gasteiger partial charge in [0.1, 0.15) is 18.3 Å². The number of nitrogens with one attached hydrogen (secondary N) is 1. The van der Waals surface area contributed by atoms with E-state index < -0.39 is 28.5 Å². The number of hydrogen-bond acceptors (Lipinski definition) is 5. The molecule has 0 saturated carbocycles. The maximum atomic E-state index is 13.4. The summed E-state index contributed by atoms with van der Waals surface area (Å²) in [7, 11) is -0.714. The van der Waals surface area contributed by atoms with Crippen LogP contribution in [-0.4, -0.2) is 58.1 Å². The van der Waals surface area contributed by atoms with E-state index >= 15 is 0 Å². The molecule has 174 valence electrons. The molecule has 0 aliphatic carbocycles. The Kier molecular flexibility index (Phi) is 8.26. The number of aryl methyl sites for hydroxylation is 2. The highest BCUT2D eigenvalue weighted by atomic mass is 32.2. The smallest absolute Gasteiger partial charge is 0.244 e. The molecular formula is C23H31N3O5S. The first kappa shape index (κ1) is 25.2. The van der Waals surface area contributed by atoms with Gasteiger partial charge in [-0.2, -0.15) is 0 Å². The molecule has 2 aromatic carbocycles. The zero-order valence-electron chi connectivity index (χ0n) is 19.4. The van der Waals surface area contributed by atoms with Crippen LogP contribution in [-0.2, 0) is 26.2 Å². The number of sulfonamides is 1. The summed E-state index contributed by atoms with van der Waals surface area (Å²) in [5.74, 6) is -0.220. The third kappa shape index (κ3) is 6.46. The SMILES string of the molecule is CNC(=O)C(C)N(Cc1cccc(OC)c1)C(=O)CN(c1cc(C)cc(C)c1)S(C)(=O)=O. The fraction of sp³-hybridized carbons (Fsp3) is 0.391. The molecule has 1 unspecified atom stereocenters. The van der Waals surface area contributed by atoms with E-state index in [-0.39, 0.29) is 12.5 Å². The minimum atomic E-state index is -3.75. The van der Waals surface area contributed by atoms with Crippen LogP contribution in [0.2, 0.25) is 0 Å². The standard InChI is InChI=1S/C23H31N3O5S/c1-16-10-17(2)12-20(11-16)26(32(6,29)30)15-22(27)25(18(3)23(28)24-4)14-19-8-7-9-21(13-19)31-5/h7-13,18H,14-15H2,1-6H3,(H,24,28). The molecule has 0 aliphatic rings. The number of ether oxygens (including phenoxy) is 1. The Bertz CT molecular complexity index is 1060. The van der Waals surface area contributed by atoms with Crippen molar-refractivity contribution in [3.05, 3.63) is 59.2 Å². The zero-order chi connectivity index (χ0) is 24.1. The molecule has 8 nitrogen and oxygen atoms in total. The number of carbonyl (C=O) groups excluding carboxylic acids is 2. The van der Waals surface area contributed by atoms with Crippen LogP contribution in [0.4, 0.5) is 5.69 Å². The van der Waals surface area contributed by atoms with Crippen molar-refractivity contribution in [2.24, 2.45) is 0 Å². The van der Waals surface area contributed by atoms with Crippen molar-refractivity contribution in [3.8, 4) is 5.75 Å². The maximum absolute atomic E-state index is 13.4. The second kappa shape index (κ2) is 10.5. The van der Waals surface area contributed by atoms with Gasteiger partial charge in [0.25, 0.3) is 0 Å². The van der Waals surface area contributed by atoms with Gasteiger partial charge in [0.2, 0.25) is 21.8 Å². The van der Waals surface area contributed by atoms with Crippen LogP contribution in [0.3, 0.4) is 0 Å². The highest BCUT2D eigenvalue weighted by molar-refractivity contribution is 7.92. The minimum Gasteiger partial charge on any atom is -0.497 e. The van der Waals surface area contributed by atoms with Crippen molar-refractivity contribution in [1.82, 2.24) is 10.2 Å². The second-order valence-corrected chi connectivity index (χ2v) is 9.69. The summed E-state index contributed by atoms with van der Waals surface area (Å²) in [5, 5.41) is 2.55. The molecule has 2 aromatic rings. The van der Waals surface area contributed by atoms with Crippen LogP contribution in [0.5, 0.6) is 5.75 Å². The van der Waals surface area contributed by atoms with Crippen molar-refractivity contribution in [2.75, 3.05) is 31.3 Å². The normalized spacial score (nSPS) is 12.1. The van der Waals surface area contributed by atoms with Gasteiger partial charge in [0.15, 0.2) is 0 Å². The van der Waals surface area contributed by atoms with Crippen molar-refractivity contribution in [1.29, 1.82) is 0 Å². The van der Waals surface area contributed by atoms with Gasteiger partial charge >= 0.3 is 0 Å². The molecule has 0 aromatic heterocycles. The number of hydrogen-bond donors (Lipinski definition) is 1. The summed E-state index contributed by atoms with van der Waals surface area (Å²) in [6.45, 7) is 5.03. The van der Waals surface area contributed by atoms with Crippen molar-refractivity contribution < 1.29 is 22.7 Å². The third-order valence-corrected chi connectivity index (χ3v) is 6.21. The first-order valence-electron chi connectivity index (χ1n) is 10.2. The van der Waals surface area contributed by atoms with E-state index in [4.69, 9.17) is 4.74 Å². The van der Waals surface area contributed by atoms with Crippen LogP contribution < -0.4 is 14.4 Å². The van der Waals surface area contributed by atoms with Crippen molar-refractivity contribution in [2.45, 2.75) is 33.4 Å². The highest BCUT2D eigenvalue weighted by Crippen LogP contribution is 2.22. The summed E-state index contributed by atoms with van der Waals surface area (Å²) in [6, 6.07) is 11.7. The molecule has 0 spiro atoms. The fourth-order valence-electron chi connectivity index (χ4n) is 3.47. The van der Waals surface area contributed by atoms with E-state index in [9.17, 15) is 18.0 Å². The van der Waals surface area contributed by atoms with Gasteiger partial charge < -0.3 is 15.0 Å². The number of nitrogens with zero attached hydrogens (tertiary/aromatic N) is 2. The molecule has 9 heteroatoms. The lowest BCUT2D eigenvalue weighted by Crippen LogP contribution is -2.50. The topological polar surface area (TPSA) is 96.0 Å². The molecule has 0 radical (unpaired) electrons. The minimum absolute atomic E-state index is 0.120. The van der Waals surface area contributed by atoms with Gasteiger partial charge in [-0.25, -0.2) is 8.42 Å². The number of rotatable bonds is 9. The number of carbonyl (C=O) groups is 2. The molecule has 0 heterocycles. The predicted molar refractivity (Wildman–Crippen MR) is 125 cm³/mol. The van der Waals surface area contributed by atoms with Gasteiger partial charge in [0.05, 0.1) is 19.1 Å². The van der Waals surface area contributed by atoms with E-state index in [1.807, 2.05) is 26.0 Å². The summed E-state index contributed by atoms with van der Waals surface area (Å²) in [6.07, 6.45) is 1.06. The quantitative estimate of drug-likeness (QED) is 0.618. The summed E-state index contributed by atoms with van der Waals surface area (Å²) in [5.41, 5.74) is 2.93. The lowest BCUT2D eigenvalue weighted by molar-refractivity contribution is -0.139. The lowest BCUT2D eigenvalue weighted by Gasteiger charge is -2.31. The maximum Gasteiger partial charge on any atom is 0.244 e. The lowest BCUT2D eigenvalue weighted by atomic mass is 10.1. The molecule has 32 heavy (non-hydrogen) atoms. The molecule has 0 bridgehead atoms. The number of likely N-dealkylation sites (N-methyl/N-ethyl adjacent to an activating group) is 1. The van der Waals surface area contributed by atoms with Crippen LogP contribution in [0.25, 0.3) is 0 Å². The second-order valence-electron chi connectivity index (χ2n) is 7.78. The molecular weight excluding hydrogens is 430 g/mol. The molecule has 2 amide bonds. The number of amides is 2. The molecule has 1 atom stereocenters. The average molecular weight is 462 g/mol. The Morgan fingerprint density at radius 2 is 1.72 bits per heavy atom. The van der Waals surface area contributed by atoms with Gasteiger partial charge in [0, 0.05) is 13.6 Å². The van der Waals surface area contributed by atoms with Crippen LogP contribution in [0.15, 0.2) is 42.5 Å². The van der Waals surface area contributed by atoms with Gasteiger partial charge in [-0.05, 0) is 61.7 Å². The first-order chi connectivity index (χ1) is 15.0. The third-order valence-electron chi connectivity index (χ3n) is 5.07. The zero-order valence-corrected chi connectivity index (χ0v) is 20.2. The average Bonchev–Trinajstić information content (AvgIpc) is 2.73. The van der Waals surface area contributed by atoms with Crippen molar-refractivity contribution in [3.63, 3.8) is 0 Å². The van der Waals surface area contributed by atoms with Crippen LogP contribution >= 0.6 is 0 Å². The van der Waals surface area contributed by atoms with E-state index in [2.05, 4.69) is 5.32 Å². The summed E-state index contributed by atoms with van der Waals surface area (Å²) >= 11 is 0. The Morgan fingerprint density at radius 3 is 2.25 bits per heavy atom. The monoisotopic (exact) mass is 461 g/mol. The molecule has 0 fully saturated rings. The first-order valence-corrected chi connectivity index (χ1v) is 12.0. The molecule has 0 saturated heterocycles. The molecule has 1 N–H and O–H groups in total. The van der Waals surface area contributed by atoms with Crippen LogP contribution in [0, 0.1) is 13.8 Å². The Balaban J connectivity index is 2.42. The largest absolute Gasteiger partial charge is 0.497 e. The van der Waals surface area contributed by atoms with E-state index in [1.54, 1.807) is 44.4 Å². The van der Waals surface area contributed by atoms with E-state index in [1.165, 1.54) is 11.9 Å². The van der Waals surface area contributed by atoms with Crippen LogP contribution in [0.1, 0.15) is 23.6 Å². The van der Waals surface area contributed by atoms with E-state index in [0.717, 1.165) is 27.3 Å². The molecule has 2 rings (SSSR count). The van der Waals surface area contributed by atoms with Crippen molar-refractivity contribution >= 4 is 27.5 Å². The summed E-state index contributed by atoms with van der Waals surface area (Å²) < 4.78 is 31.5. The van der Waals surface area contributed by atoms with Gasteiger partial charge in [-0.1, -0.05) is 18.2 Å². The Hall–Kier alpha value is -3.07. The van der Waals surface area contributed by atoms with E-state index in [0.29, 0.717) is 11.4 Å². The predicted octanol–water partition coefficient (Wildman–Crippen LogP) is 2.24. The fourth-order valence-corrected chi connectivity index (χ4v) is 4.30. The Labute approximate surface area is 190 Å².